The first-order valence-corrected chi connectivity index (χ1v) is 11.2. The van der Waals surface area contributed by atoms with Gasteiger partial charge in [0.1, 0.15) is 23.0 Å². The standard InChI is InChI=1S/C24H23F3N6O2/c1-33-7-5-12(6-8-33)14-3-4-16-19(20(14)35-22(27)21(25)26)32-23(31-16)17-18-15(11-30-24(17)34-2)13(9-28)10-29-18/h3-4,10-12,21-22,29H,5-8H2,1-2H3,(H,31,32). The lowest BCUT2D eigenvalue weighted by atomic mass is 9.88. The molecule has 1 saturated heterocycles. The molecule has 1 unspecified atom stereocenters. The van der Waals surface area contributed by atoms with Crippen molar-refractivity contribution in [2.24, 2.45) is 0 Å². The minimum absolute atomic E-state index is 0.00986. The van der Waals surface area contributed by atoms with Crippen molar-refractivity contribution in [3.8, 4) is 29.1 Å². The third-order valence-electron chi connectivity index (χ3n) is 6.47. The van der Waals surface area contributed by atoms with Crippen LogP contribution in [-0.2, 0) is 0 Å². The summed E-state index contributed by atoms with van der Waals surface area (Å²) < 4.78 is 51.1. The number of nitrogens with one attached hydrogen (secondary N) is 2. The number of rotatable bonds is 6. The third-order valence-corrected chi connectivity index (χ3v) is 6.47. The van der Waals surface area contributed by atoms with Crippen molar-refractivity contribution in [1.29, 1.82) is 5.26 Å². The Hall–Kier alpha value is -3.78. The van der Waals surface area contributed by atoms with E-state index in [1.54, 1.807) is 18.3 Å². The zero-order valence-electron chi connectivity index (χ0n) is 19.1. The second-order valence-corrected chi connectivity index (χ2v) is 8.59. The summed E-state index contributed by atoms with van der Waals surface area (Å²) in [6.45, 7) is 1.67. The molecule has 35 heavy (non-hydrogen) atoms. The molecule has 5 rings (SSSR count). The predicted octanol–water partition coefficient (Wildman–Crippen LogP) is 4.74. The molecule has 1 fully saturated rings. The maximum absolute atomic E-state index is 14.2. The molecule has 4 heterocycles. The normalized spacial score (nSPS) is 16.1. The molecule has 0 saturated carbocycles. The van der Waals surface area contributed by atoms with Gasteiger partial charge in [0.2, 0.25) is 5.88 Å². The maximum atomic E-state index is 14.2. The van der Waals surface area contributed by atoms with E-state index in [0.29, 0.717) is 38.9 Å². The van der Waals surface area contributed by atoms with E-state index >= 15 is 0 Å². The van der Waals surface area contributed by atoms with Crippen molar-refractivity contribution in [1.82, 2.24) is 24.8 Å². The van der Waals surface area contributed by atoms with Gasteiger partial charge in [0.25, 0.3) is 6.36 Å². The van der Waals surface area contributed by atoms with Gasteiger partial charge in [0.05, 0.1) is 23.7 Å². The van der Waals surface area contributed by atoms with Gasteiger partial charge >= 0.3 is 6.43 Å². The minimum atomic E-state index is -3.30. The molecule has 0 spiro atoms. The Labute approximate surface area is 198 Å². The first-order valence-electron chi connectivity index (χ1n) is 11.2. The van der Waals surface area contributed by atoms with Crippen LogP contribution in [0.3, 0.4) is 0 Å². The second-order valence-electron chi connectivity index (χ2n) is 8.59. The molecule has 2 N–H and O–H groups in total. The summed E-state index contributed by atoms with van der Waals surface area (Å²) >= 11 is 0. The topological polar surface area (TPSA) is 103 Å². The third kappa shape index (κ3) is 4.04. The highest BCUT2D eigenvalue weighted by Crippen LogP contribution is 2.41. The van der Waals surface area contributed by atoms with E-state index in [1.165, 1.54) is 13.3 Å². The number of halogens is 3. The number of imidazole rings is 1. The van der Waals surface area contributed by atoms with Gasteiger partial charge in [0.15, 0.2) is 5.75 Å². The molecular formula is C24H23F3N6O2. The zero-order chi connectivity index (χ0) is 24.7. The van der Waals surface area contributed by atoms with E-state index in [4.69, 9.17) is 9.47 Å². The van der Waals surface area contributed by atoms with Crippen molar-refractivity contribution in [3.05, 3.63) is 35.7 Å². The van der Waals surface area contributed by atoms with Crippen LogP contribution in [0.25, 0.3) is 33.3 Å². The maximum Gasteiger partial charge on any atom is 0.304 e. The summed E-state index contributed by atoms with van der Waals surface area (Å²) in [4.78, 5) is 17.3. The number of ether oxygens (including phenoxy) is 2. The molecule has 1 atom stereocenters. The summed E-state index contributed by atoms with van der Waals surface area (Å²) in [6, 6.07) is 5.68. The van der Waals surface area contributed by atoms with Crippen molar-refractivity contribution >= 4 is 21.9 Å². The number of hydrogen-bond acceptors (Lipinski definition) is 6. The van der Waals surface area contributed by atoms with Crippen LogP contribution in [-0.4, -0.2) is 64.9 Å². The Morgan fingerprint density at radius 2 is 2.00 bits per heavy atom. The Morgan fingerprint density at radius 3 is 2.69 bits per heavy atom. The summed E-state index contributed by atoms with van der Waals surface area (Å²) in [6.07, 6.45) is -1.42. The van der Waals surface area contributed by atoms with Crippen LogP contribution in [0.4, 0.5) is 13.2 Å². The van der Waals surface area contributed by atoms with Crippen LogP contribution in [0.15, 0.2) is 24.5 Å². The summed E-state index contributed by atoms with van der Waals surface area (Å²) in [5, 5.41) is 9.97. The van der Waals surface area contributed by atoms with Crippen LogP contribution >= 0.6 is 0 Å². The number of nitrogens with zero attached hydrogens (tertiary/aromatic N) is 4. The molecule has 8 nitrogen and oxygen atoms in total. The number of likely N-dealkylation sites (tertiary alicyclic amines) is 1. The smallest absolute Gasteiger partial charge is 0.304 e. The number of piperidine rings is 1. The van der Waals surface area contributed by atoms with Crippen molar-refractivity contribution in [2.45, 2.75) is 31.5 Å². The van der Waals surface area contributed by atoms with E-state index in [1.807, 2.05) is 7.05 Å². The zero-order valence-corrected chi connectivity index (χ0v) is 19.1. The monoisotopic (exact) mass is 484 g/mol. The molecule has 1 aliphatic rings. The molecule has 0 aliphatic carbocycles. The van der Waals surface area contributed by atoms with Gasteiger partial charge in [-0.15, -0.1) is 0 Å². The van der Waals surface area contributed by atoms with Gasteiger partial charge < -0.3 is 24.3 Å². The molecule has 0 bridgehead atoms. The van der Waals surface area contributed by atoms with Crippen LogP contribution in [0, 0.1) is 11.3 Å². The van der Waals surface area contributed by atoms with Gasteiger partial charge in [0, 0.05) is 17.8 Å². The Bertz CT molecular complexity index is 1420. The number of methoxy groups -OCH3 is 1. The van der Waals surface area contributed by atoms with Crippen LogP contribution in [0.2, 0.25) is 0 Å². The molecule has 11 heteroatoms. The van der Waals surface area contributed by atoms with Gasteiger partial charge in [-0.1, -0.05) is 6.07 Å². The molecule has 182 valence electrons. The molecule has 1 aliphatic heterocycles. The van der Waals surface area contributed by atoms with E-state index in [-0.39, 0.29) is 23.1 Å². The molecule has 0 amide bonds. The molecule has 0 radical (unpaired) electrons. The number of H-pyrrole nitrogens is 2. The summed E-state index contributed by atoms with van der Waals surface area (Å²) in [5.74, 6) is 0.600. The van der Waals surface area contributed by atoms with E-state index in [9.17, 15) is 18.4 Å². The molecule has 3 aromatic heterocycles. The lowest BCUT2D eigenvalue weighted by Crippen LogP contribution is -2.29. The van der Waals surface area contributed by atoms with Crippen LogP contribution in [0.5, 0.6) is 11.6 Å². The number of benzene rings is 1. The fourth-order valence-corrected chi connectivity index (χ4v) is 4.65. The lowest BCUT2D eigenvalue weighted by molar-refractivity contribution is -0.0668. The number of hydrogen-bond donors (Lipinski definition) is 2. The van der Waals surface area contributed by atoms with Crippen molar-refractivity contribution in [3.63, 3.8) is 0 Å². The summed E-state index contributed by atoms with van der Waals surface area (Å²) in [7, 11) is 3.48. The average Bonchev–Trinajstić information content (AvgIpc) is 3.48. The largest absolute Gasteiger partial charge is 0.480 e. The van der Waals surface area contributed by atoms with Crippen molar-refractivity contribution < 1.29 is 22.6 Å². The minimum Gasteiger partial charge on any atom is -0.480 e. The van der Waals surface area contributed by atoms with Crippen molar-refractivity contribution in [2.75, 3.05) is 27.2 Å². The predicted molar refractivity (Wildman–Crippen MR) is 123 cm³/mol. The first kappa shape index (κ1) is 23.0. The van der Waals surface area contributed by atoms with Gasteiger partial charge in [-0.3, -0.25) is 0 Å². The number of alkyl halides is 3. The number of fused-ring (bicyclic) bond motifs is 2. The highest BCUT2D eigenvalue weighted by molar-refractivity contribution is 5.99. The van der Waals surface area contributed by atoms with Gasteiger partial charge in [-0.25, -0.2) is 18.7 Å². The Kier molecular flexibility index (Phi) is 5.98. The second kappa shape index (κ2) is 9.11. The SMILES string of the molecule is COc1ncc2c(C#N)c[nH]c2c1-c1nc2c(OC(F)C(F)F)c(C3CCN(C)CC3)ccc2[nH]1. The highest BCUT2D eigenvalue weighted by atomic mass is 19.3. The lowest BCUT2D eigenvalue weighted by Gasteiger charge is -2.30. The van der Waals surface area contributed by atoms with E-state index < -0.39 is 12.8 Å². The summed E-state index contributed by atoms with van der Waals surface area (Å²) in [5.41, 5.74) is 2.81. The Balaban J connectivity index is 1.69. The average molecular weight is 484 g/mol. The van der Waals surface area contributed by atoms with Gasteiger partial charge in [-0.2, -0.15) is 9.65 Å². The fourth-order valence-electron chi connectivity index (χ4n) is 4.65. The fraction of sp³-hybridized carbons (Fsp3) is 0.375. The number of aromatic nitrogens is 4. The molecular weight excluding hydrogens is 461 g/mol. The number of aromatic amines is 2. The van der Waals surface area contributed by atoms with Crippen LogP contribution < -0.4 is 9.47 Å². The van der Waals surface area contributed by atoms with E-state index in [0.717, 1.165) is 25.9 Å². The Morgan fingerprint density at radius 1 is 1.23 bits per heavy atom. The number of nitriles is 1. The molecule has 1 aromatic carbocycles. The number of pyridine rings is 1. The van der Waals surface area contributed by atoms with Crippen LogP contribution in [0.1, 0.15) is 29.9 Å². The quantitative estimate of drug-likeness (QED) is 0.410. The van der Waals surface area contributed by atoms with E-state index in [2.05, 4.69) is 30.9 Å². The molecule has 4 aromatic rings. The first-order chi connectivity index (χ1) is 16.9. The van der Waals surface area contributed by atoms with Gasteiger partial charge in [-0.05, 0) is 50.5 Å². The highest BCUT2D eigenvalue weighted by Gasteiger charge is 2.29.